The standard InChI is InChI=1S/C7H8BFO2.C2H5NO/c1-5-2-3-7(9)6(4-5)8(10)11;1-3-2-4/h2-4,10-11H,1H3;2H,1H3,(H,3,4). The largest absolute Gasteiger partial charge is 0.491 e. The Morgan fingerprint density at radius 3 is 2.33 bits per heavy atom. The fourth-order valence-corrected chi connectivity index (χ4v) is 0.861. The maximum Gasteiger partial charge on any atom is 0.491 e. The zero-order chi connectivity index (χ0) is 11.8. The Balaban J connectivity index is 0.000000423. The Bertz CT molecular complexity index is 320. The predicted octanol–water partition coefficient (Wildman–Crippen LogP) is -0.824. The first kappa shape index (κ1) is 13.6. The number of amides is 1. The quantitative estimate of drug-likeness (QED) is 0.444. The van der Waals surface area contributed by atoms with Crippen molar-refractivity contribution in [3.8, 4) is 0 Å². The van der Waals surface area contributed by atoms with Crippen LogP contribution in [-0.2, 0) is 4.79 Å². The van der Waals surface area contributed by atoms with Gasteiger partial charge in [0.15, 0.2) is 0 Å². The van der Waals surface area contributed by atoms with Gasteiger partial charge in [-0.3, -0.25) is 4.79 Å². The van der Waals surface area contributed by atoms with Gasteiger partial charge in [-0.05, 0) is 13.0 Å². The monoisotopic (exact) mass is 213 g/mol. The summed E-state index contributed by atoms with van der Waals surface area (Å²) in [5.74, 6) is -0.592. The van der Waals surface area contributed by atoms with E-state index in [1.165, 1.54) is 12.1 Å². The molecule has 0 spiro atoms. The molecule has 0 heterocycles. The van der Waals surface area contributed by atoms with Gasteiger partial charge in [0.05, 0.1) is 0 Å². The molecule has 0 unspecified atom stereocenters. The normalized spacial score (nSPS) is 8.60. The van der Waals surface area contributed by atoms with Gasteiger partial charge in [0.1, 0.15) is 5.82 Å². The van der Waals surface area contributed by atoms with Crippen LogP contribution >= 0.6 is 0 Å². The maximum atomic E-state index is 12.7. The van der Waals surface area contributed by atoms with E-state index in [2.05, 4.69) is 5.32 Å². The van der Waals surface area contributed by atoms with Crippen molar-refractivity contribution in [1.29, 1.82) is 0 Å². The molecular formula is C9H13BFNO3. The fraction of sp³-hybridized carbons (Fsp3) is 0.222. The van der Waals surface area contributed by atoms with Gasteiger partial charge < -0.3 is 15.4 Å². The van der Waals surface area contributed by atoms with Crippen LogP contribution in [0.4, 0.5) is 4.39 Å². The molecule has 0 saturated carbocycles. The second-order valence-corrected chi connectivity index (χ2v) is 2.81. The molecule has 4 nitrogen and oxygen atoms in total. The summed E-state index contributed by atoms with van der Waals surface area (Å²) < 4.78 is 12.7. The maximum absolute atomic E-state index is 12.7. The summed E-state index contributed by atoms with van der Waals surface area (Å²) in [4.78, 5) is 9.06. The Morgan fingerprint density at radius 1 is 1.47 bits per heavy atom. The third-order valence-electron chi connectivity index (χ3n) is 1.55. The SMILES string of the molecule is CNC=O.Cc1ccc(F)c(B(O)O)c1. The van der Waals surface area contributed by atoms with Crippen LogP contribution in [0.25, 0.3) is 0 Å². The van der Waals surface area contributed by atoms with E-state index in [9.17, 15) is 4.39 Å². The summed E-state index contributed by atoms with van der Waals surface area (Å²) in [7, 11) is -0.164. The van der Waals surface area contributed by atoms with Gasteiger partial charge in [-0.2, -0.15) is 0 Å². The molecule has 1 aromatic carbocycles. The van der Waals surface area contributed by atoms with E-state index in [1.807, 2.05) is 0 Å². The van der Waals surface area contributed by atoms with E-state index < -0.39 is 12.9 Å². The number of carbonyl (C=O) groups excluding carboxylic acids is 1. The van der Waals surface area contributed by atoms with Crippen LogP contribution in [0.15, 0.2) is 18.2 Å². The third kappa shape index (κ3) is 5.14. The summed E-state index contributed by atoms with van der Waals surface area (Å²) >= 11 is 0. The average Bonchev–Trinajstić information content (AvgIpc) is 2.22. The molecule has 1 rings (SSSR count). The highest BCUT2D eigenvalue weighted by molar-refractivity contribution is 6.58. The topological polar surface area (TPSA) is 69.6 Å². The molecule has 0 fully saturated rings. The first-order valence-electron chi connectivity index (χ1n) is 4.26. The molecule has 3 N–H and O–H groups in total. The number of nitrogens with one attached hydrogen (secondary N) is 1. The van der Waals surface area contributed by atoms with Gasteiger partial charge >= 0.3 is 7.12 Å². The number of halogens is 1. The molecule has 1 amide bonds. The smallest absolute Gasteiger partial charge is 0.423 e. The molecular weight excluding hydrogens is 200 g/mol. The van der Waals surface area contributed by atoms with Crippen LogP contribution in [0.2, 0.25) is 0 Å². The second-order valence-electron chi connectivity index (χ2n) is 2.81. The minimum Gasteiger partial charge on any atom is -0.423 e. The zero-order valence-electron chi connectivity index (χ0n) is 8.57. The molecule has 0 radical (unpaired) electrons. The van der Waals surface area contributed by atoms with Crippen LogP contribution < -0.4 is 10.8 Å². The molecule has 1 aromatic rings. The van der Waals surface area contributed by atoms with Gasteiger partial charge in [-0.25, -0.2) is 4.39 Å². The summed E-state index contributed by atoms with van der Waals surface area (Å²) in [6, 6.07) is 4.19. The van der Waals surface area contributed by atoms with Crippen molar-refractivity contribution in [2.24, 2.45) is 0 Å². The minimum atomic E-state index is -1.73. The number of aryl methyl sites for hydroxylation is 1. The van der Waals surface area contributed by atoms with E-state index in [0.717, 1.165) is 5.56 Å². The first-order chi connectivity index (χ1) is 7.02. The zero-order valence-corrected chi connectivity index (χ0v) is 8.57. The summed E-state index contributed by atoms with van der Waals surface area (Å²) in [5.41, 5.74) is 0.722. The highest BCUT2D eigenvalue weighted by Gasteiger charge is 2.15. The molecule has 15 heavy (non-hydrogen) atoms. The average molecular weight is 213 g/mol. The first-order valence-corrected chi connectivity index (χ1v) is 4.26. The van der Waals surface area contributed by atoms with Crippen molar-refractivity contribution in [3.05, 3.63) is 29.6 Å². The van der Waals surface area contributed by atoms with Gasteiger partial charge in [-0.15, -0.1) is 0 Å². The Hall–Kier alpha value is -1.40. The van der Waals surface area contributed by atoms with E-state index >= 15 is 0 Å². The molecule has 0 bridgehead atoms. The second kappa shape index (κ2) is 6.97. The lowest BCUT2D eigenvalue weighted by atomic mass is 9.79. The van der Waals surface area contributed by atoms with Crippen molar-refractivity contribution >= 4 is 19.0 Å². The van der Waals surface area contributed by atoms with Crippen molar-refractivity contribution in [1.82, 2.24) is 5.32 Å². The van der Waals surface area contributed by atoms with Crippen molar-refractivity contribution in [2.75, 3.05) is 7.05 Å². The van der Waals surface area contributed by atoms with Crippen molar-refractivity contribution in [2.45, 2.75) is 6.92 Å². The molecule has 0 aliphatic heterocycles. The summed E-state index contributed by atoms with van der Waals surface area (Å²) in [5, 5.41) is 19.5. The number of hydrogen-bond donors (Lipinski definition) is 3. The van der Waals surface area contributed by atoms with E-state index in [1.54, 1.807) is 20.0 Å². The molecule has 0 aromatic heterocycles. The number of carbonyl (C=O) groups is 1. The van der Waals surface area contributed by atoms with Gasteiger partial charge in [0.25, 0.3) is 0 Å². The van der Waals surface area contributed by atoms with Crippen LogP contribution in [0.1, 0.15) is 5.56 Å². The van der Waals surface area contributed by atoms with E-state index in [0.29, 0.717) is 6.41 Å². The molecule has 0 aliphatic rings. The molecule has 6 heteroatoms. The molecule has 0 atom stereocenters. The van der Waals surface area contributed by atoms with Crippen LogP contribution in [0, 0.1) is 12.7 Å². The fourth-order valence-electron chi connectivity index (χ4n) is 0.861. The molecule has 0 saturated heterocycles. The highest BCUT2D eigenvalue weighted by atomic mass is 19.1. The minimum absolute atomic E-state index is 0.0787. The number of benzene rings is 1. The van der Waals surface area contributed by atoms with E-state index in [4.69, 9.17) is 14.8 Å². The third-order valence-corrected chi connectivity index (χ3v) is 1.55. The van der Waals surface area contributed by atoms with Crippen LogP contribution in [-0.4, -0.2) is 30.6 Å². The summed E-state index contributed by atoms with van der Waals surface area (Å²) in [6.45, 7) is 1.76. The predicted molar refractivity (Wildman–Crippen MR) is 56.1 cm³/mol. The lowest BCUT2D eigenvalue weighted by molar-refractivity contribution is -0.109. The Labute approximate surface area is 87.9 Å². The Kier molecular flexibility index (Phi) is 6.32. The van der Waals surface area contributed by atoms with Gasteiger partial charge in [-0.1, -0.05) is 17.7 Å². The van der Waals surface area contributed by atoms with Gasteiger partial charge in [0.2, 0.25) is 6.41 Å². The lowest BCUT2D eigenvalue weighted by Gasteiger charge is -2.01. The van der Waals surface area contributed by atoms with Crippen molar-refractivity contribution < 1.29 is 19.2 Å². The molecule has 0 aliphatic carbocycles. The Morgan fingerprint density at radius 2 is 2.00 bits per heavy atom. The van der Waals surface area contributed by atoms with Crippen molar-refractivity contribution in [3.63, 3.8) is 0 Å². The summed E-state index contributed by atoms with van der Waals surface area (Å²) in [6.07, 6.45) is 0.625. The highest BCUT2D eigenvalue weighted by Crippen LogP contribution is 1.98. The lowest BCUT2D eigenvalue weighted by Crippen LogP contribution is -2.32. The van der Waals surface area contributed by atoms with Gasteiger partial charge in [0, 0.05) is 12.5 Å². The number of rotatable bonds is 2. The van der Waals surface area contributed by atoms with E-state index in [-0.39, 0.29) is 5.46 Å². The van der Waals surface area contributed by atoms with Crippen LogP contribution in [0.3, 0.4) is 0 Å². The number of hydrogen-bond acceptors (Lipinski definition) is 3. The molecule has 82 valence electrons. The van der Waals surface area contributed by atoms with Crippen LogP contribution in [0.5, 0.6) is 0 Å².